The van der Waals surface area contributed by atoms with Crippen LogP contribution < -0.4 is 15.5 Å². The second-order valence-electron chi connectivity index (χ2n) is 6.82. The average Bonchev–Trinajstić information content (AvgIpc) is 3.43. The Morgan fingerprint density at radius 2 is 1.59 bits per heavy atom. The Bertz CT molecular complexity index is 1010. The molecule has 0 unspecified atom stereocenters. The summed E-state index contributed by atoms with van der Waals surface area (Å²) in [6.07, 6.45) is 3.55. The summed E-state index contributed by atoms with van der Waals surface area (Å²) in [5, 5.41) is 5.38. The lowest BCUT2D eigenvalue weighted by Crippen LogP contribution is -2.19. The van der Waals surface area contributed by atoms with E-state index >= 15 is 0 Å². The highest BCUT2D eigenvalue weighted by atomic mass is 19.1. The summed E-state index contributed by atoms with van der Waals surface area (Å²) in [6.45, 7) is 1.71. The van der Waals surface area contributed by atoms with Crippen molar-refractivity contribution in [2.24, 2.45) is 0 Å². The molecule has 1 fully saturated rings. The highest BCUT2D eigenvalue weighted by Gasteiger charge is 2.17. The van der Waals surface area contributed by atoms with E-state index in [4.69, 9.17) is 4.42 Å². The Morgan fingerprint density at radius 1 is 0.897 bits per heavy atom. The number of hydrogen-bond acceptors (Lipinski definition) is 4. The van der Waals surface area contributed by atoms with Gasteiger partial charge in [-0.15, -0.1) is 0 Å². The van der Waals surface area contributed by atoms with Gasteiger partial charge in [0.05, 0.1) is 12.0 Å². The van der Waals surface area contributed by atoms with E-state index in [0.717, 1.165) is 25.9 Å². The lowest BCUT2D eigenvalue weighted by atomic mass is 10.1. The van der Waals surface area contributed by atoms with E-state index in [-0.39, 0.29) is 23.4 Å². The van der Waals surface area contributed by atoms with Gasteiger partial charge < -0.3 is 20.0 Å². The monoisotopic (exact) mass is 393 g/mol. The van der Waals surface area contributed by atoms with Crippen LogP contribution in [0.15, 0.2) is 65.3 Å². The van der Waals surface area contributed by atoms with Crippen molar-refractivity contribution in [1.29, 1.82) is 0 Å². The molecule has 1 aromatic heterocycles. The minimum absolute atomic E-state index is 0.200. The molecule has 0 saturated carbocycles. The SMILES string of the molecule is O=C(Nc1ccc(N2CCCC2)c(F)c1)c1ccc(NC(=O)c2ccco2)cc1. The Morgan fingerprint density at radius 3 is 2.24 bits per heavy atom. The highest BCUT2D eigenvalue weighted by molar-refractivity contribution is 6.05. The van der Waals surface area contributed by atoms with Gasteiger partial charge in [0.15, 0.2) is 5.76 Å². The van der Waals surface area contributed by atoms with Crippen LogP contribution in [-0.2, 0) is 0 Å². The molecule has 2 aromatic carbocycles. The number of nitrogens with one attached hydrogen (secondary N) is 2. The fourth-order valence-electron chi connectivity index (χ4n) is 3.31. The fraction of sp³-hybridized carbons (Fsp3) is 0.182. The van der Waals surface area contributed by atoms with Crippen molar-refractivity contribution in [2.45, 2.75) is 12.8 Å². The Hall–Kier alpha value is -3.61. The Balaban J connectivity index is 1.39. The van der Waals surface area contributed by atoms with Crippen LogP contribution in [-0.4, -0.2) is 24.9 Å². The number of hydrogen-bond donors (Lipinski definition) is 2. The van der Waals surface area contributed by atoms with Crippen molar-refractivity contribution in [3.63, 3.8) is 0 Å². The van der Waals surface area contributed by atoms with Gasteiger partial charge in [-0.2, -0.15) is 0 Å². The van der Waals surface area contributed by atoms with Gasteiger partial charge >= 0.3 is 0 Å². The number of benzene rings is 2. The number of rotatable bonds is 5. The number of halogens is 1. The molecule has 148 valence electrons. The van der Waals surface area contributed by atoms with Crippen LogP contribution in [0.4, 0.5) is 21.5 Å². The molecule has 1 aliphatic rings. The third-order valence-corrected chi connectivity index (χ3v) is 4.80. The van der Waals surface area contributed by atoms with Gasteiger partial charge in [-0.05, 0) is 67.4 Å². The normalized spacial score (nSPS) is 13.3. The van der Waals surface area contributed by atoms with E-state index in [2.05, 4.69) is 10.6 Å². The molecular weight excluding hydrogens is 373 g/mol. The summed E-state index contributed by atoms with van der Waals surface area (Å²) in [5.74, 6) is -0.880. The van der Waals surface area contributed by atoms with Crippen LogP contribution in [0.5, 0.6) is 0 Å². The van der Waals surface area contributed by atoms with Gasteiger partial charge in [0.1, 0.15) is 5.82 Å². The maximum absolute atomic E-state index is 14.4. The molecule has 0 atom stereocenters. The molecule has 1 saturated heterocycles. The van der Waals surface area contributed by atoms with Crippen LogP contribution >= 0.6 is 0 Å². The van der Waals surface area contributed by atoms with Gasteiger partial charge in [-0.3, -0.25) is 9.59 Å². The number of carbonyl (C=O) groups excluding carboxylic acids is 2. The maximum atomic E-state index is 14.4. The largest absolute Gasteiger partial charge is 0.459 e. The van der Waals surface area contributed by atoms with Gasteiger partial charge in [-0.25, -0.2) is 4.39 Å². The standard InChI is InChI=1S/C22H20FN3O3/c23-18-14-17(9-10-19(18)26-11-1-2-12-26)25-21(27)15-5-7-16(8-6-15)24-22(28)20-4-3-13-29-20/h3-10,13-14H,1-2,11-12H2,(H,24,28)(H,25,27). The minimum Gasteiger partial charge on any atom is -0.459 e. The number of carbonyl (C=O) groups is 2. The molecule has 2 heterocycles. The molecule has 2 N–H and O–H groups in total. The summed E-state index contributed by atoms with van der Waals surface area (Å²) >= 11 is 0. The second kappa shape index (κ2) is 8.18. The molecule has 0 radical (unpaired) electrons. The van der Waals surface area contributed by atoms with Gasteiger partial charge in [0.2, 0.25) is 0 Å². The van der Waals surface area contributed by atoms with Crippen LogP contribution in [0.3, 0.4) is 0 Å². The summed E-state index contributed by atoms with van der Waals surface area (Å²) in [6, 6.07) is 14.3. The van der Waals surface area contributed by atoms with Gasteiger partial charge in [0, 0.05) is 30.0 Å². The van der Waals surface area contributed by atoms with Gasteiger partial charge in [0.25, 0.3) is 11.8 Å². The molecule has 0 spiro atoms. The predicted octanol–water partition coefficient (Wildman–Crippen LogP) is 4.52. The third-order valence-electron chi connectivity index (χ3n) is 4.80. The van der Waals surface area contributed by atoms with Crippen molar-refractivity contribution in [2.75, 3.05) is 28.6 Å². The van der Waals surface area contributed by atoms with Crippen LogP contribution in [0.25, 0.3) is 0 Å². The molecular formula is C22H20FN3O3. The summed E-state index contributed by atoms with van der Waals surface area (Å²) in [5.41, 5.74) is 1.89. The van der Waals surface area contributed by atoms with E-state index < -0.39 is 0 Å². The number of anilines is 3. The first kappa shape index (κ1) is 18.7. The van der Waals surface area contributed by atoms with Crippen molar-refractivity contribution in [1.82, 2.24) is 0 Å². The van der Waals surface area contributed by atoms with Crippen LogP contribution in [0, 0.1) is 5.82 Å². The molecule has 0 bridgehead atoms. The first-order chi connectivity index (χ1) is 14.1. The van der Waals surface area contributed by atoms with E-state index in [0.29, 0.717) is 22.6 Å². The first-order valence-electron chi connectivity index (χ1n) is 9.41. The summed E-state index contributed by atoms with van der Waals surface area (Å²) in [7, 11) is 0. The van der Waals surface area contributed by atoms with Crippen LogP contribution in [0.1, 0.15) is 33.8 Å². The van der Waals surface area contributed by atoms with Gasteiger partial charge in [-0.1, -0.05) is 0 Å². The molecule has 2 amide bonds. The van der Waals surface area contributed by atoms with Crippen LogP contribution in [0.2, 0.25) is 0 Å². The number of furan rings is 1. The summed E-state index contributed by atoms with van der Waals surface area (Å²) in [4.78, 5) is 26.4. The zero-order valence-electron chi connectivity index (χ0n) is 15.7. The minimum atomic E-state index is -0.374. The first-order valence-corrected chi connectivity index (χ1v) is 9.41. The van der Waals surface area contributed by atoms with E-state index in [9.17, 15) is 14.0 Å². The molecule has 29 heavy (non-hydrogen) atoms. The molecule has 4 rings (SSSR count). The Kier molecular flexibility index (Phi) is 5.29. The fourth-order valence-corrected chi connectivity index (χ4v) is 3.31. The lowest BCUT2D eigenvalue weighted by Gasteiger charge is -2.18. The van der Waals surface area contributed by atoms with E-state index in [1.807, 2.05) is 4.90 Å². The second-order valence-corrected chi connectivity index (χ2v) is 6.82. The van der Waals surface area contributed by atoms with Crippen molar-refractivity contribution < 1.29 is 18.4 Å². The molecule has 3 aromatic rings. The number of nitrogens with zero attached hydrogens (tertiary/aromatic N) is 1. The topological polar surface area (TPSA) is 74.6 Å². The average molecular weight is 393 g/mol. The smallest absolute Gasteiger partial charge is 0.291 e. The highest BCUT2D eigenvalue weighted by Crippen LogP contribution is 2.26. The molecule has 0 aliphatic carbocycles. The zero-order chi connectivity index (χ0) is 20.2. The zero-order valence-corrected chi connectivity index (χ0v) is 15.7. The predicted molar refractivity (Wildman–Crippen MR) is 109 cm³/mol. The molecule has 6 nitrogen and oxygen atoms in total. The Labute approximate surface area is 167 Å². The lowest BCUT2D eigenvalue weighted by molar-refractivity contribution is 0.0995. The number of amides is 2. The van der Waals surface area contributed by atoms with E-state index in [1.165, 1.54) is 12.3 Å². The van der Waals surface area contributed by atoms with Crippen molar-refractivity contribution >= 4 is 28.9 Å². The van der Waals surface area contributed by atoms with E-state index in [1.54, 1.807) is 48.5 Å². The molecule has 1 aliphatic heterocycles. The quantitative estimate of drug-likeness (QED) is 0.668. The van der Waals surface area contributed by atoms with Crippen molar-refractivity contribution in [3.8, 4) is 0 Å². The molecule has 7 heteroatoms. The summed E-state index contributed by atoms with van der Waals surface area (Å²) < 4.78 is 19.4. The maximum Gasteiger partial charge on any atom is 0.291 e. The van der Waals surface area contributed by atoms with Crippen molar-refractivity contribution in [3.05, 3.63) is 78.0 Å². The third kappa shape index (κ3) is 4.29.